The molecule has 2 aliphatic rings. The van der Waals surface area contributed by atoms with Crippen LogP contribution >= 0.6 is 0 Å². The Kier molecular flexibility index (Phi) is 18.7. The van der Waals surface area contributed by atoms with Crippen LogP contribution in [0.3, 0.4) is 0 Å². The third kappa shape index (κ3) is 13.4. The fraction of sp³-hybridized carbons (Fsp3) is 0.241. The van der Waals surface area contributed by atoms with Crippen molar-refractivity contribution in [2.45, 2.75) is 39.5 Å². The molecule has 5 aromatic rings. The number of esters is 4. The molecular formula is C58H58N4O14. The Labute approximate surface area is 440 Å². The molecule has 2 N–H and O–H groups in total. The lowest BCUT2D eigenvalue weighted by atomic mass is 9.83. The van der Waals surface area contributed by atoms with Crippen LogP contribution in [0.25, 0.3) is 0 Å². The maximum atomic E-state index is 13.6. The first-order chi connectivity index (χ1) is 36.9. The van der Waals surface area contributed by atoms with Gasteiger partial charge >= 0.3 is 23.9 Å². The highest BCUT2D eigenvalue weighted by Gasteiger charge is 2.38. The van der Waals surface area contributed by atoms with Gasteiger partial charge in [0.05, 0.1) is 74.8 Å². The van der Waals surface area contributed by atoms with Crippen LogP contribution in [0, 0.1) is 0 Å². The Bertz CT molecular complexity index is 2780. The lowest BCUT2D eigenvalue weighted by Crippen LogP contribution is -2.29. The molecule has 0 aromatic heterocycles. The Balaban J connectivity index is 1.03. The zero-order valence-corrected chi connectivity index (χ0v) is 42.9. The van der Waals surface area contributed by atoms with Gasteiger partial charge in [-0.3, -0.25) is 9.59 Å². The molecule has 0 radical (unpaired) electrons. The molecule has 2 aliphatic heterocycles. The molecule has 0 fully saturated rings. The monoisotopic (exact) mass is 1030 g/mol. The van der Waals surface area contributed by atoms with Gasteiger partial charge in [0, 0.05) is 47.5 Å². The van der Waals surface area contributed by atoms with Crippen molar-refractivity contribution in [3.05, 3.63) is 180 Å². The van der Waals surface area contributed by atoms with Gasteiger partial charge in [0.15, 0.2) is 24.7 Å². The lowest BCUT2D eigenvalue weighted by Gasteiger charge is -2.30. The van der Waals surface area contributed by atoms with Gasteiger partial charge in [0.25, 0.3) is 11.8 Å². The quantitative estimate of drug-likeness (QED) is 0.0491. The number of benzene rings is 5. The van der Waals surface area contributed by atoms with E-state index in [9.17, 15) is 28.8 Å². The SMILES string of the molecule is CCOC(=O)C1=CN(c2ccc(OC)cc2)C=C(C(=O)OCC)C1c1cccc(NC(=O)COc2ccccc2OCC(=O)Nc2cccc(C3C(C(=O)OCC)=CN(c4ccc(OC)cc4)C=C3C(=O)OCC)c2)c1. The second kappa shape index (κ2) is 26.1. The fourth-order valence-electron chi connectivity index (χ4n) is 8.33. The van der Waals surface area contributed by atoms with Crippen LogP contribution in [0.1, 0.15) is 50.7 Å². The molecule has 7 rings (SSSR count). The average Bonchev–Trinajstić information content (AvgIpc) is 3.45. The normalized spacial score (nSPS) is 13.4. The van der Waals surface area contributed by atoms with Gasteiger partial charge in [-0.05, 0) is 124 Å². The van der Waals surface area contributed by atoms with Gasteiger partial charge in [-0.2, -0.15) is 0 Å². The van der Waals surface area contributed by atoms with E-state index in [0.29, 0.717) is 45.4 Å². The van der Waals surface area contributed by atoms with Crippen LogP contribution in [-0.2, 0) is 47.7 Å². The molecule has 0 spiro atoms. The predicted molar refractivity (Wildman–Crippen MR) is 283 cm³/mol. The number of methoxy groups -OCH3 is 2. The average molecular weight is 1040 g/mol. The molecule has 76 heavy (non-hydrogen) atoms. The molecule has 394 valence electrons. The second-order valence-corrected chi connectivity index (χ2v) is 16.7. The summed E-state index contributed by atoms with van der Waals surface area (Å²) in [6, 6.07) is 34.1. The van der Waals surface area contributed by atoms with Gasteiger partial charge in [-0.1, -0.05) is 36.4 Å². The summed E-state index contributed by atoms with van der Waals surface area (Å²) in [6.07, 6.45) is 6.42. The topological polar surface area (TPSA) is 207 Å². The summed E-state index contributed by atoms with van der Waals surface area (Å²) in [7, 11) is 3.11. The second-order valence-electron chi connectivity index (χ2n) is 16.7. The van der Waals surface area contributed by atoms with E-state index < -0.39 is 60.7 Å². The van der Waals surface area contributed by atoms with Crippen molar-refractivity contribution in [2.24, 2.45) is 0 Å². The highest BCUT2D eigenvalue weighted by atomic mass is 16.5. The summed E-state index contributed by atoms with van der Waals surface area (Å²) in [6.45, 7) is 6.16. The van der Waals surface area contributed by atoms with Crippen molar-refractivity contribution < 1.29 is 66.7 Å². The molecule has 18 nitrogen and oxygen atoms in total. The number of para-hydroxylation sites is 2. The molecule has 0 saturated carbocycles. The van der Waals surface area contributed by atoms with E-state index in [1.165, 1.54) is 0 Å². The number of nitrogens with one attached hydrogen (secondary N) is 2. The molecule has 0 saturated heterocycles. The molecule has 0 bridgehead atoms. The van der Waals surface area contributed by atoms with E-state index in [2.05, 4.69) is 10.6 Å². The molecule has 5 aromatic carbocycles. The van der Waals surface area contributed by atoms with Crippen LogP contribution < -0.4 is 39.4 Å². The molecular weight excluding hydrogens is 977 g/mol. The van der Waals surface area contributed by atoms with Crippen molar-refractivity contribution in [1.82, 2.24) is 0 Å². The van der Waals surface area contributed by atoms with Crippen molar-refractivity contribution >= 4 is 58.4 Å². The number of carbonyl (C=O) groups excluding carboxylic acids is 6. The van der Waals surface area contributed by atoms with Crippen molar-refractivity contribution in [1.29, 1.82) is 0 Å². The standard InChI is InChI=1S/C58H58N4O14/c1-7-71-55(65)45-31-61(41-21-25-43(69-5)26-22-41)32-46(56(66)72-8-2)53(45)37-15-13-17-39(29-37)59-51(63)35-75-49-19-11-12-20-50(49)76-36-52(64)60-40-18-14-16-38(30-40)54-47(57(67)73-9-3)33-62(34-48(54)58(68)74-10-4)42-23-27-44(70-6)28-24-42/h11-34,53-54H,7-10,35-36H2,1-6H3,(H,59,63)(H,60,64). The van der Waals surface area contributed by atoms with Crippen LogP contribution in [-0.4, -0.2) is 89.6 Å². The minimum atomic E-state index is -0.928. The van der Waals surface area contributed by atoms with E-state index in [0.717, 1.165) is 0 Å². The zero-order valence-electron chi connectivity index (χ0n) is 42.9. The molecule has 0 unspecified atom stereocenters. The Morgan fingerprint density at radius 3 is 1.07 bits per heavy atom. The van der Waals surface area contributed by atoms with Crippen molar-refractivity contribution in [3.63, 3.8) is 0 Å². The maximum absolute atomic E-state index is 13.6. The minimum absolute atomic E-state index is 0.0862. The number of hydrogen-bond donors (Lipinski definition) is 2. The number of ether oxygens (including phenoxy) is 8. The Morgan fingerprint density at radius 1 is 0.434 bits per heavy atom. The van der Waals surface area contributed by atoms with Gasteiger partial charge < -0.3 is 58.3 Å². The molecule has 0 atom stereocenters. The number of nitrogens with zero attached hydrogens (tertiary/aromatic N) is 2. The first-order valence-corrected chi connectivity index (χ1v) is 24.4. The third-order valence-corrected chi connectivity index (χ3v) is 11.7. The Morgan fingerprint density at radius 2 is 0.763 bits per heavy atom. The highest BCUT2D eigenvalue weighted by Crippen LogP contribution is 2.41. The lowest BCUT2D eigenvalue weighted by molar-refractivity contribution is -0.141. The van der Waals surface area contributed by atoms with Crippen molar-refractivity contribution in [3.8, 4) is 23.0 Å². The number of rotatable bonds is 22. The van der Waals surface area contributed by atoms with Gasteiger partial charge in [0.1, 0.15) is 11.5 Å². The van der Waals surface area contributed by atoms with Gasteiger partial charge in [0.2, 0.25) is 0 Å². The number of anilines is 4. The first-order valence-electron chi connectivity index (χ1n) is 24.4. The zero-order chi connectivity index (χ0) is 54.1. The number of amides is 2. The smallest absolute Gasteiger partial charge is 0.336 e. The fourth-order valence-corrected chi connectivity index (χ4v) is 8.33. The summed E-state index contributed by atoms with van der Waals surface area (Å²) >= 11 is 0. The van der Waals surface area contributed by atoms with E-state index >= 15 is 0 Å². The molecule has 0 aliphatic carbocycles. The Hall–Kier alpha value is -9.32. The maximum Gasteiger partial charge on any atom is 0.336 e. The van der Waals surface area contributed by atoms with Crippen LogP contribution in [0.4, 0.5) is 22.7 Å². The van der Waals surface area contributed by atoms with E-state index in [1.807, 2.05) is 0 Å². The minimum Gasteiger partial charge on any atom is -0.497 e. The predicted octanol–water partition coefficient (Wildman–Crippen LogP) is 8.73. The summed E-state index contributed by atoms with van der Waals surface area (Å²) in [5, 5.41) is 5.63. The van der Waals surface area contributed by atoms with E-state index in [1.54, 1.807) is 198 Å². The van der Waals surface area contributed by atoms with E-state index in [4.69, 9.17) is 37.9 Å². The molecule has 18 heteroatoms. The molecule has 2 amide bonds. The summed E-state index contributed by atoms with van der Waals surface area (Å²) in [5.41, 5.74) is 3.63. The number of hydrogen-bond acceptors (Lipinski definition) is 16. The summed E-state index contributed by atoms with van der Waals surface area (Å²) in [4.78, 5) is 84.6. The summed E-state index contributed by atoms with van der Waals surface area (Å²) < 4.78 is 44.3. The van der Waals surface area contributed by atoms with Gasteiger partial charge in [-0.15, -0.1) is 0 Å². The van der Waals surface area contributed by atoms with Gasteiger partial charge in [-0.25, -0.2) is 19.2 Å². The highest BCUT2D eigenvalue weighted by molar-refractivity contribution is 6.02. The third-order valence-electron chi connectivity index (χ3n) is 11.7. The number of carbonyl (C=O) groups is 6. The summed E-state index contributed by atoms with van der Waals surface area (Å²) in [5.74, 6) is -3.91. The van der Waals surface area contributed by atoms with Crippen LogP contribution in [0.2, 0.25) is 0 Å². The molecule has 2 heterocycles. The van der Waals surface area contributed by atoms with Crippen LogP contribution in [0.5, 0.6) is 23.0 Å². The largest absolute Gasteiger partial charge is 0.497 e. The van der Waals surface area contributed by atoms with Crippen molar-refractivity contribution in [2.75, 3.05) is 74.3 Å². The van der Waals surface area contributed by atoms with E-state index in [-0.39, 0.29) is 60.2 Å². The van der Waals surface area contributed by atoms with Crippen LogP contribution in [0.15, 0.2) is 168 Å². The first kappa shape index (κ1) is 54.5.